The van der Waals surface area contributed by atoms with E-state index in [1.165, 1.54) is 96.3 Å². The Kier molecular flexibility index (Phi) is 20.7. The lowest BCUT2D eigenvalue weighted by Gasteiger charge is -2.46. The molecule has 0 unspecified atom stereocenters. The fourth-order valence-corrected chi connectivity index (χ4v) is 6.03. The molecule has 11 heteroatoms. The summed E-state index contributed by atoms with van der Waals surface area (Å²) >= 11 is 0. The van der Waals surface area contributed by atoms with Crippen molar-refractivity contribution in [1.29, 1.82) is 0 Å². The van der Waals surface area contributed by atoms with Gasteiger partial charge in [-0.3, -0.25) is 5.32 Å². The zero-order valence-corrected chi connectivity index (χ0v) is 26.5. The van der Waals surface area contributed by atoms with Crippen LogP contribution in [0.4, 0.5) is 0 Å². The molecule has 2 saturated heterocycles. The number of aliphatic hydroxyl groups excluding tert-OH is 7. The predicted octanol–water partition coefficient (Wildman–Crippen LogP) is 2.24. The van der Waals surface area contributed by atoms with Crippen LogP contribution in [0.25, 0.3) is 0 Å². The fourth-order valence-electron chi connectivity index (χ4n) is 6.03. The zero-order chi connectivity index (χ0) is 31.5. The van der Waals surface area contributed by atoms with Gasteiger partial charge >= 0.3 is 0 Å². The average molecular weight is 622 g/mol. The van der Waals surface area contributed by atoms with Crippen molar-refractivity contribution in [2.45, 2.75) is 184 Å². The van der Waals surface area contributed by atoms with E-state index >= 15 is 0 Å². The molecular formula is C32H63NO10. The lowest BCUT2D eigenvalue weighted by molar-refractivity contribution is -0.343. The summed E-state index contributed by atoms with van der Waals surface area (Å²) in [5.74, 6) is 0. The minimum absolute atomic E-state index is 0.538. The van der Waals surface area contributed by atoms with Gasteiger partial charge in [0.05, 0.1) is 13.2 Å². The molecule has 2 aliphatic rings. The number of aliphatic hydroxyl groups is 7. The Labute approximate surface area is 258 Å². The van der Waals surface area contributed by atoms with Crippen LogP contribution in [-0.4, -0.2) is 117 Å². The van der Waals surface area contributed by atoms with Gasteiger partial charge in [0.25, 0.3) is 0 Å². The summed E-state index contributed by atoms with van der Waals surface area (Å²) < 4.78 is 16.7. The van der Waals surface area contributed by atoms with E-state index in [1.54, 1.807) is 0 Å². The Hall–Kier alpha value is -0.440. The van der Waals surface area contributed by atoms with E-state index in [4.69, 9.17) is 14.2 Å². The third-order valence-corrected chi connectivity index (χ3v) is 8.88. The second kappa shape index (κ2) is 23.0. The molecule has 0 aliphatic carbocycles. The van der Waals surface area contributed by atoms with Gasteiger partial charge in [-0.2, -0.15) is 0 Å². The summed E-state index contributed by atoms with van der Waals surface area (Å²) in [5, 5.41) is 73.8. The van der Waals surface area contributed by atoms with E-state index < -0.39 is 74.6 Å². The predicted molar refractivity (Wildman–Crippen MR) is 163 cm³/mol. The van der Waals surface area contributed by atoms with Crippen LogP contribution in [0.15, 0.2) is 0 Å². The Morgan fingerprint density at radius 1 is 0.512 bits per heavy atom. The smallest absolute Gasteiger partial charge is 0.187 e. The summed E-state index contributed by atoms with van der Waals surface area (Å²) in [4.78, 5) is 0. The van der Waals surface area contributed by atoms with Crippen LogP contribution in [0, 0.1) is 0 Å². The molecule has 8 N–H and O–H groups in total. The third-order valence-electron chi connectivity index (χ3n) is 8.88. The number of nitrogens with one attached hydrogen (secondary N) is 1. The van der Waals surface area contributed by atoms with Crippen LogP contribution in [0.5, 0.6) is 0 Å². The standard InChI is InChI=1S/C32H63NO10/c1-2-3-4-5-6-7-8-9-10-11-12-13-14-15-16-17-18-19-20-33-31-28(39)27(38)30(24(22-35)41-31)43-32-29(40)26(37)25(36)23(21-34)42-32/h23-40H,2-22H2,1H3/t23-,24-,25+,26+,27-,28-,29-,30-,31-,32+/m1/s1. The van der Waals surface area contributed by atoms with Crippen molar-refractivity contribution in [2.75, 3.05) is 19.8 Å². The van der Waals surface area contributed by atoms with Crippen LogP contribution in [-0.2, 0) is 14.2 Å². The number of unbranched alkanes of at least 4 members (excludes halogenated alkanes) is 17. The SMILES string of the molecule is CCCCCCCCCCCCCCCCCCCCN[C@@H]1O[C@H](CO)[C@@H](O[C@@H]2O[C@H](CO)[C@H](O)[C@H](O)[C@H]2O)[C@H](O)[C@H]1O. The minimum Gasteiger partial charge on any atom is -0.394 e. The lowest BCUT2D eigenvalue weighted by Crippen LogP contribution is -2.66. The molecule has 256 valence electrons. The third kappa shape index (κ3) is 13.8. The molecule has 0 bridgehead atoms. The highest BCUT2D eigenvalue weighted by Crippen LogP contribution is 2.28. The molecule has 0 aromatic heterocycles. The summed E-state index contributed by atoms with van der Waals surface area (Å²) in [5.41, 5.74) is 0. The molecular weight excluding hydrogens is 558 g/mol. The second-order valence-corrected chi connectivity index (χ2v) is 12.5. The van der Waals surface area contributed by atoms with Crippen LogP contribution in [0.2, 0.25) is 0 Å². The quantitative estimate of drug-likeness (QED) is 0.0741. The fraction of sp³-hybridized carbons (Fsp3) is 1.00. The summed E-state index contributed by atoms with van der Waals surface area (Å²) in [7, 11) is 0. The molecule has 10 atom stereocenters. The number of rotatable bonds is 24. The zero-order valence-electron chi connectivity index (χ0n) is 26.5. The maximum absolute atomic E-state index is 10.7. The van der Waals surface area contributed by atoms with Crippen molar-refractivity contribution in [3.63, 3.8) is 0 Å². The molecule has 0 aromatic carbocycles. The maximum atomic E-state index is 10.7. The number of hydrogen-bond donors (Lipinski definition) is 8. The van der Waals surface area contributed by atoms with Gasteiger partial charge in [0.2, 0.25) is 0 Å². The largest absolute Gasteiger partial charge is 0.394 e. The van der Waals surface area contributed by atoms with Crippen LogP contribution in [0.1, 0.15) is 122 Å². The van der Waals surface area contributed by atoms with E-state index in [2.05, 4.69) is 12.2 Å². The molecule has 0 radical (unpaired) electrons. The molecule has 43 heavy (non-hydrogen) atoms. The molecule has 2 fully saturated rings. The van der Waals surface area contributed by atoms with Crippen molar-refractivity contribution in [3.8, 4) is 0 Å². The highest BCUT2D eigenvalue weighted by molar-refractivity contribution is 4.95. The van der Waals surface area contributed by atoms with E-state index in [9.17, 15) is 35.7 Å². The first-order chi connectivity index (χ1) is 20.8. The van der Waals surface area contributed by atoms with Crippen LogP contribution < -0.4 is 5.32 Å². The van der Waals surface area contributed by atoms with Crippen molar-refractivity contribution < 1.29 is 50.0 Å². The molecule has 0 amide bonds. The van der Waals surface area contributed by atoms with Gasteiger partial charge in [-0.25, -0.2) is 0 Å². The first kappa shape index (κ1) is 38.7. The Balaban J connectivity index is 1.52. The van der Waals surface area contributed by atoms with Gasteiger partial charge in [-0.15, -0.1) is 0 Å². The van der Waals surface area contributed by atoms with E-state index in [1.807, 2.05) is 0 Å². The maximum Gasteiger partial charge on any atom is 0.187 e. The van der Waals surface area contributed by atoms with Crippen molar-refractivity contribution >= 4 is 0 Å². The number of hydrogen-bond acceptors (Lipinski definition) is 11. The Bertz CT molecular complexity index is 672. The van der Waals surface area contributed by atoms with Crippen LogP contribution >= 0.6 is 0 Å². The van der Waals surface area contributed by atoms with Gasteiger partial charge in [0.15, 0.2) is 6.29 Å². The first-order valence-electron chi connectivity index (χ1n) is 17.2. The lowest BCUT2D eigenvalue weighted by atomic mass is 9.96. The second-order valence-electron chi connectivity index (χ2n) is 12.5. The van der Waals surface area contributed by atoms with Gasteiger partial charge in [0.1, 0.15) is 55.1 Å². The summed E-state index contributed by atoms with van der Waals surface area (Å²) in [6, 6.07) is 0. The Morgan fingerprint density at radius 3 is 1.44 bits per heavy atom. The molecule has 11 nitrogen and oxygen atoms in total. The molecule has 0 aromatic rings. The molecule has 0 spiro atoms. The summed E-state index contributed by atoms with van der Waals surface area (Å²) in [6.45, 7) is 1.67. The van der Waals surface area contributed by atoms with Crippen molar-refractivity contribution in [2.24, 2.45) is 0 Å². The van der Waals surface area contributed by atoms with Gasteiger partial charge < -0.3 is 50.0 Å². The van der Waals surface area contributed by atoms with E-state index in [0.29, 0.717) is 6.54 Å². The first-order valence-corrected chi connectivity index (χ1v) is 17.2. The topological polar surface area (TPSA) is 181 Å². The average Bonchev–Trinajstić information content (AvgIpc) is 3.01. The van der Waals surface area contributed by atoms with E-state index in [-0.39, 0.29) is 0 Å². The molecule has 2 rings (SSSR count). The van der Waals surface area contributed by atoms with Crippen molar-refractivity contribution in [3.05, 3.63) is 0 Å². The minimum atomic E-state index is -1.68. The van der Waals surface area contributed by atoms with Crippen LogP contribution in [0.3, 0.4) is 0 Å². The van der Waals surface area contributed by atoms with Gasteiger partial charge in [-0.05, 0) is 13.0 Å². The Morgan fingerprint density at radius 2 is 0.977 bits per heavy atom. The normalized spacial score (nSPS) is 33.2. The van der Waals surface area contributed by atoms with Gasteiger partial charge in [-0.1, -0.05) is 116 Å². The molecule has 0 saturated carbocycles. The van der Waals surface area contributed by atoms with Crippen molar-refractivity contribution in [1.82, 2.24) is 5.32 Å². The molecule has 2 heterocycles. The highest BCUT2D eigenvalue weighted by atomic mass is 16.7. The highest BCUT2D eigenvalue weighted by Gasteiger charge is 2.50. The molecule has 2 aliphatic heterocycles. The summed E-state index contributed by atoms with van der Waals surface area (Å²) in [6.07, 6.45) is 9.64. The van der Waals surface area contributed by atoms with Gasteiger partial charge in [0, 0.05) is 0 Å². The van der Waals surface area contributed by atoms with E-state index in [0.717, 1.165) is 19.3 Å². The monoisotopic (exact) mass is 621 g/mol. The number of ether oxygens (including phenoxy) is 3.